The summed E-state index contributed by atoms with van der Waals surface area (Å²) < 4.78 is 0. The first-order valence-electron chi connectivity index (χ1n) is 9.99. The Balaban J connectivity index is 1.94. The molecule has 0 aromatic heterocycles. The molecule has 1 saturated heterocycles. The van der Waals surface area contributed by atoms with Gasteiger partial charge >= 0.3 is 0 Å². The van der Waals surface area contributed by atoms with Gasteiger partial charge in [-0.05, 0) is 53.5 Å². The Morgan fingerprint density at radius 3 is 1.48 bits per heavy atom. The maximum absolute atomic E-state index is 3.79. The molecule has 1 heteroatoms. The van der Waals surface area contributed by atoms with Crippen molar-refractivity contribution in [1.29, 1.82) is 0 Å². The van der Waals surface area contributed by atoms with Crippen LogP contribution in [0.4, 0.5) is 0 Å². The fourth-order valence-corrected chi connectivity index (χ4v) is 4.00. The molecule has 0 unspecified atom stereocenters. The lowest BCUT2D eigenvalue weighted by Gasteiger charge is -2.32. The molecule has 134 valence electrons. The average Bonchev–Trinajstić information content (AvgIpc) is 2.64. The third-order valence-electron chi connectivity index (χ3n) is 5.68. The van der Waals surface area contributed by atoms with Crippen molar-refractivity contribution in [2.24, 2.45) is 0 Å². The van der Waals surface area contributed by atoms with Gasteiger partial charge in [0.15, 0.2) is 0 Å². The smallest absolute Gasteiger partial charge is 0.0243 e. The van der Waals surface area contributed by atoms with E-state index in [4.69, 9.17) is 0 Å². The number of rotatable bonds is 5. The highest BCUT2D eigenvalue weighted by molar-refractivity contribution is 5.38. The molecule has 0 aliphatic carbocycles. The van der Waals surface area contributed by atoms with Crippen LogP contribution in [0, 0.1) is 0 Å². The third-order valence-corrected chi connectivity index (χ3v) is 5.68. The SMILES string of the molecule is CC(C)c1ccc(C(c2ccc(C(C)C)cc2)[C@@H]2CCCCN2)cc1. The molecule has 1 nitrogen and oxygen atoms in total. The number of nitrogens with one attached hydrogen (secondary N) is 1. The lowest BCUT2D eigenvalue weighted by molar-refractivity contribution is 0.372. The van der Waals surface area contributed by atoms with Gasteiger partial charge in [-0.3, -0.25) is 0 Å². The summed E-state index contributed by atoms with van der Waals surface area (Å²) in [6.07, 6.45) is 3.91. The minimum atomic E-state index is 0.447. The zero-order valence-corrected chi connectivity index (χ0v) is 16.3. The first kappa shape index (κ1) is 18.2. The molecule has 3 rings (SSSR count). The molecule has 2 aromatic rings. The summed E-state index contributed by atoms with van der Waals surface area (Å²) in [4.78, 5) is 0. The normalized spacial score (nSPS) is 18.3. The molecule has 1 aliphatic rings. The van der Waals surface area contributed by atoms with Crippen molar-refractivity contribution in [3.8, 4) is 0 Å². The second-order valence-electron chi connectivity index (χ2n) is 8.18. The lowest BCUT2D eigenvalue weighted by Crippen LogP contribution is -2.39. The molecule has 1 fully saturated rings. The van der Waals surface area contributed by atoms with Crippen LogP contribution in [0.15, 0.2) is 48.5 Å². The van der Waals surface area contributed by atoms with Crippen molar-refractivity contribution in [2.75, 3.05) is 6.54 Å². The van der Waals surface area contributed by atoms with Crippen LogP contribution in [0.3, 0.4) is 0 Å². The van der Waals surface area contributed by atoms with Gasteiger partial charge in [0, 0.05) is 12.0 Å². The summed E-state index contributed by atoms with van der Waals surface area (Å²) in [7, 11) is 0. The number of hydrogen-bond donors (Lipinski definition) is 1. The highest BCUT2D eigenvalue weighted by Gasteiger charge is 2.26. The molecule has 25 heavy (non-hydrogen) atoms. The van der Waals surface area contributed by atoms with Crippen LogP contribution in [0.1, 0.15) is 87.0 Å². The van der Waals surface area contributed by atoms with Gasteiger partial charge in [0.1, 0.15) is 0 Å². The van der Waals surface area contributed by atoms with E-state index in [1.165, 1.54) is 41.5 Å². The minimum absolute atomic E-state index is 0.447. The van der Waals surface area contributed by atoms with Gasteiger partial charge < -0.3 is 5.32 Å². The van der Waals surface area contributed by atoms with Gasteiger partial charge in [0.25, 0.3) is 0 Å². The third kappa shape index (κ3) is 4.33. The molecule has 2 aromatic carbocycles. The van der Waals surface area contributed by atoms with Crippen LogP contribution in [0.5, 0.6) is 0 Å². The van der Waals surface area contributed by atoms with Crippen LogP contribution in [-0.2, 0) is 0 Å². The summed E-state index contributed by atoms with van der Waals surface area (Å²) in [5.41, 5.74) is 5.74. The summed E-state index contributed by atoms with van der Waals surface area (Å²) in [6.45, 7) is 10.2. The fourth-order valence-electron chi connectivity index (χ4n) is 4.00. The maximum Gasteiger partial charge on any atom is 0.0243 e. The number of hydrogen-bond acceptors (Lipinski definition) is 1. The van der Waals surface area contributed by atoms with Crippen molar-refractivity contribution >= 4 is 0 Å². The lowest BCUT2D eigenvalue weighted by atomic mass is 9.80. The van der Waals surface area contributed by atoms with Crippen LogP contribution in [0.2, 0.25) is 0 Å². The van der Waals surface area contributed by atoms with E-state index in [0.717, 1.165) is 6.54 Å². The monoisotopic (exact) mass is 335 g/mol. The molecule has 0 spiro atoms. The van der Waals surface area contributed by atoms with Gasteiger partial charge in [0.05, 0.1) is 0 Å². The molecule has 0 radical (unpaired) electrons. The Morgan fingerprint density at radius 2 is 1.12 bits per heavy atom. The predicted molar refractivity (Wildman–Crippen MR) is 109 cm³/mol. The van der Waals surface area contributed by atoms with Gasteiger partial charge in [-0.2, -0.15) is 0 Å². The first-order chi connectivity index (χ1) is 12.1. The topological polar surface area (TPSA) is 12.0 Å². The largest absolute Gasteiger partial charge is 0.313 e. The van der Waals surface area contributed by atoms with E-state index in [1.807, 2.05) is 0 Å². The van der Waals surface area contributed by atoms with Crippen molar-refractivity contribution in [3.05, 3.63) is 70.8 Å². The van der Waals surface area contributed by atoms with E-state index >= 15 is 0 Å². The highest BCUT2D eigenvalue weighted by Crippen LogP contribution is 2.33. The van der Waals surface area contributed by atoms with E-state index < -0.39 is 0 Å². The van der Waals surface area contributed by atoms with Gasteiger partial charge in [-0.15, -0.1) is 0 Å². The van der Waals surface area contributed by atoms with E-state index in [-0.39, 0.29) is 0 Å². The Hall–Kier alpha value is -1.60. The summed E-state index contributed by atoms with van der Waals surface area (Å²) in [6, 6.07) is 19.2. The van der Waals surface area contributed by atoms with Gasteiger partial charge in [0.2, 0.25) is 0 Å². The molecular formula is C24H33N. The van der Waals surface area contributed by atoms with E-state index in [1.54, 1.807) is 0 Å². The Labute approximate surface area is 153 Å². The van der Waals surface area contributed by atoms with Crippen LogP contribution in [0.25, 0.3) is 0 Å². The maximum atomic E-state index is 3.79. The van der Waals surface area contributed by atoms with Crippen LogP contribution >= 0.6 is 0 Å². The molecule has 1 N–H and O–H groups in total. The van der Waals surface area contributed by atoms with Crippen molar-refractivity contribution in [3.63, 3.8) is 0 Å². The number of piperidine rings is 1. The van der Waals surface area contributed by atoms with Crippen LogP contribution in [-0.4, -0.2) is 12.6 Å². The minimum Gasteiger partial charge on any atom is -0.313 e. The molecule has 1 aliphatic heterocycles. The fraction of sp³-hybridized carbons (Fsp3) is 0.500. The Bertz CT molecular complexity index is 594. The van der Waals surface area contributed by atoms with Crippen molar-refractivity contribution in [1.82, 2.24) is 5.32 Å². The summed E-state index contributed by atoms with van der Waals surface area (Å²) >= 11 is 0. The van der Waals surface area contributed by atoms with E-state index in [2.05, 4.69) is 81.5 Å². The Morgan fingerprint density at radius 1 is 0.680 bits per heavy atom. The van der Waals surface area contributed by atoms with Crippen LogP contribution < -0.4 is 5.32 Å². The molecule has 1 atom stereocenters. The van der Waals surface area contributed by atoms with E-state index in [9.17, 15) is 0 Å². The van der Waals surface area contributed by atoms with E-state index in [0.29, 0.717) is 23.8 Å². The molecule has 0 amide bonds. The van der Waals surface area contributed by atoms with Crippen molar-refractivity contribution in [2.45, 2.75) is 70.8 Å². The second-order valence-corrected chi connectivity index (χ2v) is 8.18. The zero-order chi connectivity index (χ0) is 17.8. The summed E-state index contributed by atoms with van der Waals surface area (Å²) in [5, 5.41) is 3.79. The molecule has 0 saturated carbocycles. The average molecular weight is 336 g/mol. The Kier molecular flexibility index (Phi) is 5.96. The van der Waals surface area contributed by atoms with Gasteiger partial charge in [-0.1, -0.05) is 82.6 Å². The molecule has 1 heterocycles. The standard InChI is InChI=1S/C24H33N/c1-17(2)19-8-12-21(13-9-19)24(23-7-5-6-16-25-23)22-14-10-20(11-15-22)18(3)4/h8-15,17-18,23-25H,5-7,16H2,1-4H3/t23-/m0/s1. The second kappa shape index (κ2) is 8.19. The van der Waals surface area contributed by atoms with Crippen molar-refractivity contribution < 1.29 is 0 Å². The number of benzene rings is 2. The quantitative estimate of drug-likeness (QED) is 0.685. The first-order valence-corrected chi connectivity index (χ1v) is 9.99. The molecular weight excluding hydrogens is 302 g/mol. The van der Waals surface area contributed by atoms with Gasteiger partial charge in [-0.25, -0.2) is 0 Å². The molecule has 0 bridgehead atoms. The zero-order valence-electron chi connectivity index (χ0n) is 16.3. The highest BCUT2D eigenvalue weighted by atomic mass is 14.9. The summed E-state index contributed by atoms with van der Waals surface area (Å²) in [5.74, 6) is 1.62. The predicted octanol–water partition coefficient (Wildman–Crippen LogP) is 6.21.